The van der Waals surface area contributed by atoms with Gasteiger partial charge in [-0.1, -0.05) is 19.9 Å². The van der Waals surface area contributed by atoms with Gasteiger partial charge < -0.3 is 20.1 Å². The summed E-state index contributed by atoms with van der Waals surface area (Å²) in [4.78, 5) is 9.45. The molecule has 1 aromatic carbocycles. The summed E-state index contributed by atoms with van der Waals surface area (Å²) in [5, 5.41) is 11.6. The van der Waals surface area contributed by atoms with E-state index in [0.717, 1.165) is 60.6 Å². The molecule has 0 bridgehead atoms. The van der Waals surface area contributed by atoms with E-state index in [4.69, 9.17) is 14.5 Å². The van der Waals surface area contributed by atoms with E-state index in [1.54, 1.807) is 7.11 Å². The lowest BCUT2D eigenvalue weighted by atomic mass is 10.1. The summed E-state index contributed by atoms with van der Waals surface area (Å²) in [5.74, 6) is 4.65. The Balaban J connectivity index is 0.00000341. The number of fused-ring (bicyclic) bond motifs is 1. The number of benzene rings is 1. The maximum absolute atomic E-state index is 5.68. The SMILES string of the molecule is CCNC(=NCc1ccc(OC)c(OCC)c1)NC1CCc2nc(C(C)C)nn2C1.I. The van der Waals surface area contributed by atoms with Crippen LogP contribution in [0, 0.1) is 0 Å². The Hall–Kier alpha value is -2.04. The number of aryl methyl sites for hydroxylation is 1. The number of hydrogen-bond donors (Lipinski definition) is 2. The highest BCUT2D eigenvalue weighted by Crippen LogP contribution is 2.28. The number of methoxy groups -OCH3 is 1. The number of aromatic nitrogens is 3. The molecular formula is C22H35IN6O2. The quantitative estimate of drug-likeness (QED) is 0.302. The van der Waals surface area contributed by atoms with Gasteiger partial charge in [-0.05, 0) is 38.0 Å². The van der Waals surface area contributed by atoms with Crippen LogP contribution < -0.4 is 20.1 Å². The molecule has 0 radical (unpaired) electrons. The highest BCUT2D eigenvalue weighted by molar-refractivity contribution is 14.0. The molecule has 1 aromatic heterocycles. The van der Waals surface area contributed by atoms with Crippen molar-refractivity contribution in [2.45, 2.75) is 65.6 Å². The average molecular weight is 542 g/mol. The lowest BCUT2D eigenvalue weighted by molar-refractivity contribution is 0.310. The molecular weight excluding hydrogens is 507 g/mol. The van der Waals surface area contributed by atoms with Crippen molar-refractivity contribution >= 4 is 29.9 Å². The highest BCUT2D eigenvalue weighted by Gasteiger charge is 2.23. The van der Waals surface area contributed by atoms with Crippen molar-refractivity contribution in [2.75, 3.05) is 20.3 Å². The normalized spacial score (nSPS) is 15.8. The lowest BCUT2D eigenvalue weighted by Gasteiger charge is -2.25. The van der Waals surface area contributed by atoms with Crippen molar-refractivity contribution in [1.82, 2.24) is 25.4 Å². The van der Waals surface area contributed by atoms with Crippen molar-refractivity contribution in [2.24, 2.45) is 4.99 Å². The van der Waals surface area contributed by atoms with Gasteiger partial charge >= 0.3 is 0 Å². The molecule has 1 unspecified atom stereocenters. The Morgan fingerprint density at radius 1 is 1.29 bits per heavy atom. The third-order valence-corrected chi connectivity index (χ3v) is 5.02. The Morgan fingerprint density at radius 3 is 2.77 bits per heavy atom. The predicted octanol–water partition coefficient (Wildman–Crippen LogP) is 3.50. The molecule has 9 heteroatoms. The minimum absolute atomic E-state index is 0. The fraction of sp³-hybridized carbons (Fsp3) is 0.591. The van der Waals surface area contributed by atoms with E-state index in [1.807, 2.05) is 29.8 Å². The first-order valence-corrected chi connectivity index (χ1v) is 10.8. The van der Waals surface area contributed by atoms with Crippen LogP contribution in [0.4, 0.5) is 0 Å². The Kier molecular flexibility index (Phi) is 9.86. The molecule has 0 saturated heterocycles. The Morgan fingerprint density at radius 2 is 2.10 bits per heavy atom. The monoisotopic (exact) mass is 542 g/mol. The minimum Gasteiger partial charge on any atom is -0.493 e. The topological polar surface area (TPSA) is 85.6 Å². The van der Waals surface area contributed by atoms with E-state index in [0.29, 0.717) is 19.1 Å². The molecule has 2 N–H and O–H groups in total. The summed E-state index contributed by atoms with van der Waals surface area (Å²) >= 11 is 0. The van der Waals surface area contributed by atoms with Crippen molar-refractivity contribution in [3.63, 3.8) is 0 Å². The van der Waals surface area contributed by atoms with E-state index in [2.05, 4.69) is 41.5 Å². The summed E-state index contributed by atoms with van der Waals surface area (Å²) in [5.41, 5.74) is 1.07. The Labute approximate surface area is 202 Å². The van der Waals surface area contributed by atoms with Gasteiger partial charge in [0.25, 0.3) is 0 Å². The molecule has 0 spiro atoms. The maximum atomic E-state index is 5.68. The smallest absolute Gasteiger partial charge is 0.191 e. The van der Waals surface area contributed by atoms with Crippen LogP contribution in [0.1, 0.15) is 57.2 Å². The molecule has 2 heterocycles. The molecule has 8 nitrogen and oxygen atoms in total. The minimum atomic E-state index is 0. The van der Waals surface area contributed by atoms with Crippen LogP contribution in [0.2, 0.25) is 0 Å². The zero-order valence-electron chi connectivity index (χ0n) is 19.1. The molecule has 31 heavy (non-hydrogen) atoms. The van der Waals surface area contributed by atoms with Crippen LogP contribution in [0.15, 0.2) is 23.2 Å². The number of rotatable bonds is 8. The van der Waals surface area contributed by atoms with Gasteiger partial charge in [-0.3, -0.25) is 0 Å². The third-order valence-electron chi connectivity index (χ3n) is 5.02. The lowest BCUT2D eigenvalue weighted by Crippen LogP contribution is -2.47. The maximum Gasteiger partial charge on any atom is 0.191 e. The Bertz CT molecular complexity index is 868. The van der Waals surface area contributed by atoms with Gasteiger partial charge in [-0.25, -0.2) is 14.7 Å². The molecule has 0 fully saturated rings. The summed E-state index contributed by atoms with van der Waals surface area (Å²) in [7, 11) is 1.65. The molecule has 1 aliphatic heterocycles. The van der Waals surface area contributed by atoms with Crippen LogP contribution in [-0.4, -0.2) is 47.0 Å². The van der Waals surface area contributed by atoms with Gasteiger partial charge in [0.15, 0.2) is 23.3 Å². The second kappa shape index (κ2) is 12.1. The van der Waals surface area contributed by atoms with Gasteiger partial charge in [0.05, 0.1) is 26.8 Å². The molecule has 0 saturated carbocycles. The first-order valence-electron chi connectivity index (χ1n) is 10.8. The van der Waals surface area contributed by atoms with Crippen LogP contribution >= 0.6 is 24.0 Å². The summed E-state index contributed by atoms with van der Waals surface area (Å²) in [6, 6.07) is 6.21. The average Bonchev–Trinajstić information content (AvgIpc) is 3.16. The first kappa shape index (κ1) is 25.2. The molecule has 172 valence electrons. The number of hydrogen-bond acceptors (Lipinski definition) is 5. The van der Waals surface area contributed by atoms with Gasteiger partial charge in [0, 0.05) is 24.9 Å². The fourth-order valence-corrected chi connectivity index (χ4v) is 3.46. The largest absolute Gasteiger partial charge is 0.493 e. The zero-order chi connectivity index (χ0) is 21.5. The molecule has 2 aromatic rings. The second-order valence-electron chi connectivity index (χ2n) is 7.72. The van der Waals surface area contributed by atoms with Crippen molar-refractivity contribution < 1.29 is 9.47 Å². The molecule has 0 aliphatic carbocycles. The van der Waals surface area contributed by atoms with Crippen LogP contribution in [-0.2, 0) is 19.5 Å². The number of nitrogens with one attached hydrogen (secondary N) is 2. The number of ether oxygens (including phenoxy) is 2. The summed E-state index contributed by atoms with van der Waals surface area (Å²) in [6.07, 6.45) is 1.94. The third kappa shape index (κ3) is 6.72. The van der Waals surface area contributed by atoms with Gasteiger partial charge in [0.1, 0.15) is 5.82 Å². The van der Waals surface area contributed by atoms with Crippen LogP contribution in [0.5, 0.6) is 11.5 Å². The number of nitrogens with zero attached hydrogens (tertiary/aromatic N) is 4. The zero-order valence-corrected chi connectivity index (χ0v) is 21.5. The molecule has 1 atom stereocenters. The van der Waals surface area contributed by atoms with Gasteiger partial charge in [0.2, 0.25) is 0 Å². The highest BCUT2D eigenvalue weighted by atomic mass is 127. The van der Waals surface area contributed by atoms with Gasteiger partial charge in [-0.15, -0.1) is 24.0 Å². The van der Waals surface area contributed by atoms with Gasteiger partial charge in [-0.2, -0.15) is 5.10 Å². The second-order valence-corrected chi connectivity index (χ2v) is 7.72. The fourth-order valence-electron chi connectivity index (χ4n) is 3.46. The number of aliphatic imine (C=N–C) groups is 1. The first-order chi connectivity index (χ1) is 14.5. The molecule has 0 amide bonds. The van der Waals surface area contributed by atoms with E-state index < -0.39 is 0 Å². The molecule has 3 rings (SSSR count). The van der Waals surface area contributed by atoms with E-state index in [1.165, 1.54) is 0 Å². The van der Waals surface area contributed by atoms with Crippen molar-refractivity contribution in [3.05, 3.63) is 35.4 Å². The van der Waals surface area contributed by atoms with Crippen LogP contribution in [0.3, 0.4) is 0 Å². The van der Waals surface area contributed by atoms with E-state index in [-0.39, 0.29) is 30.0 Å². The van der Waals surface area contributed by atoms with Crippen molar-refractivity contribution in [1.29, 1.82) is 0 Å². The predicted molar refractivity (Wildman–Crippen MR) is 134 cm³/mol. The van der Waals surface area contributed by atoms with Crippen LogP contribution in [0.25, 0.3) is 0 Å². The molecule has 1 aliphatic rings. The summed E-state index contributed by atoms with van der Waals surface area (Å²) in [6.45, 7) is 11.0. The van der Waals surface area contributed by atoms with E-state index in [9.17, 15) is 0 Å². The van der Waals surface area contributed by atoms with E-state index >= 15 is 0 Å². The standard InChI is InChI=1S/C22H34N6O2.HI/c1-6-23-22(24-13-16-8-10-18(29-5)19(12-16)30-7-2)25-17-9-11-20-26-21(15(3)4)27-28(20)14-17;/h8,10,12,15,17H,6-7,9,11,13-14H2,1-5H3,(H2,23,24,25);1H. The number of guanidine groups is 1. The summed E-state index contributed by atoms with van der Waals surface area (Å²) < 4.78 is 13.1. The number of halogens is 1. The van der Waals surface area contributed by atoms with Crippen molar-refractivity contribution in [3.8, 4) is 11.5 Å².